The lowest BCUT2D eigenvalue weighted by atomic mass is 10.0. The van der Waals surface area contributed by atoms with Gasteiger partial charge < -0.3 is 11.1 Å². The van der Waals surface area contributed by atoms with Crippen LogP contribution in [-0.2, 0) is 0 Å². The highest BCUT2D eigenvalue weighted by atomic mass is 16.1. The van der Waals surface area contributed by atoms with E-state index in [4.69, 9.17) is 16.3 Å². The molecule has 0 heterocycles. The molecular weight excluding hydrogens is 228 g/mol. The molecule has 18 heavy (non-hydrogen) atoms. The molecule has 1 aromatic carbocycles. The molecule has 0 aromatic heterocycles. The minimum Gasteiger partial charge on any atom is -0.397 e. The van der Waals surface area contributed by atoms with Crippen LogP contribution in [0, 0.1) is 22.7 Å². The maximum absolute atomic E-state index is 11.9. The molecule has 0 radical (unpaired) electrons. The fourth-order valence-corrected chi connectivity index (χ4v) is 1.40. The molecule has 0 aliphatic heterocycles. The average molecular weight is 242 g/mol. The zero-order valence-electron chi connectivity index (χ0n) is 10.3. The predicted molar refractivity (Wildman–Crippen MR) is 67.8 cm³/mol. The van der Waals surface area contributed by atoms with E-state index in [1.807, 2.05) is 26.0 Å². The topological polar surface area (TPSA) is 103 Å². The van der Waals surface area contributed by atoms with Crippen molar-refractivity contribution in [2.24, 2.45) is 0 Å². The van der Waals surface area contributed by atoms with E-state index < -0.39 is 0 Å². The minimum atomic E-state index is -0.170. The highest BCUT2D eigenvalue weighted by Crippen LogP contribution is 2.19. The van der Waals surface area contributed by atoms with Crippen LogP contribution in [0.3, 0.4) is 0 Å². The third-order valence-corrected chi connectivity index (χ3v) is 2.41. The molecule has 0 aliphatic rings. The first-order valence-electron chi connectivity index (χ1n) is 5.50. The molecule has 1 rings (SSSR count). The summed E-state index contributed by atoms with van der Waals surface area (Å²) in [5.41, 5.74) is 6.38. The van der Waals surface area contributed by atoms with Crippen LogP contribution in [0.1, 0.15) is 35.3 Å². The first-order chi connectivity index (χ1) is 8.49. The Balaban J connectivity index is 3.08. The molecule has 0 spiro atoms. The van der Waals surface area contributed by atoms with Gasteiger partial charge in [0.25, 0.3) is 0 Å². The van der Waals surface area contributed by atoms with Crippen molar-refractivity contribution in [3.63, 3.8) is 0 Å². The molecule has 0 fully saturated rings. The van der Waals surface area contributed by atoms with Gasteiger partial charge in [-0.3, -0.25) is 4.79 Å². The molecule has 0 atom stereocenters. The summed E-state index contributed by atoms with van der Waals surface area (Å²) in [5, 5.41) is 20.8. The Labute approximate surface area is 106 Å². The number of hydrogen-bond donors (Lipinski definition) is 2. The lowest BCUT2D eigenvalue weighted by molar-refractivity contribution is 0.0988. The minimum absolute atomic E-state index is 0.119. The second-order valence-corrected chi connectivity index (χ2v) is 4.17. The number of hydrogen-bond acceptors (Lipinski definition) is 5. The molecule has 92 valence electrons. The molecule has 0 saturated heterocycles. The Kier molecular flexibility index (Phi) is 4.42. The summed E-state index contributed by atoms with van der Waals surface area (Å²) >= 11 is 0. The number of nitrogens with one attached hydrogen (secondary N) is 1. The van der Waals surface area contributed by atoms with Gasteiger partial charge in [-0.05, 0) is 12.1 Å². The Morgan fingerprint density at radius 2 is 1.83 bits per heavy atom. The summed E-state index contributed by atoms with van der Waals surface area (Å²) in [6.45, 7) is 4.02. The average Bonchev–Trinajstić information content (AvgIpc) is 2.36. The first-order valence-corrected chi connectivity index (χ1v) is 5.50. The van der Waals surface area contributed by atoms with Crippen molar-refractivity contribution in [2.45, 2.75) is 19.9 Å². The van der Waals surface area contributed by atoms with Gasteiger partial charge in [0.15, 0.2) is 5.78 Å². The molecule has 1 aromatic rings. The number of nitrogens with two attached hydrogens (primary N) is 1. The van der Waals surface area contributed by atoms with Gasteiger partial charge in [0.05, 0.1) is 23.4 Å². The van der Waals surface area contributed by atoms with Crippen molar-refractivity contribution < 1.29 is 4.79 Å². The van der Waals surface area contributed by atoms with Crippen LogP contribution in [0.15, 0.2) is 12.1 Å². The molecule has 0 bridgehead atoms. The summed E-state index contributed by atoms with van der Waals surface area (Å²) in [5.74, 6) is -0.170. The third kappa shape index (κ3) is 3.07. The van der Waals surface area contributed by atoms with E-state index in [2.05, 4.69) is 5.32 Å². The molecular formula is C13H14N4O. The van der Waals surface area contributed by atoms with E-state index in [1.54, 1.807) is 0 Å². The summed E-state index contributed by atoms with van der Waals surface area (Å²) in [7, 11) is 0. The Bertz CT molecular complexity index is 514. The largest absolute Gasteiger partial charge is 0.397 e. The van der Waals surface area contributed by atoms with Crippen molar-refractivity contribution in [2.75, 3.05) is 12.3 Å². The van der Waals surface area contributed by atoms with Crippen LogP contribution in [-0.4, -0.2) is 18.4 Å². The van der Waals surface area contributed by atoms with Crippen LogP contribution in [0.25, 0.3) is 0 Å². The molecule has 0 amide bonds. The van der Waals surface area contributed by atoms with Crippen LogP contribution < -0.4 is 11.1 Å². The van der Waals surface area contributed by atoms with Crippen LogP contribution >= 0.6 is 0 Å². The third-order valence-electron chi connectivity index (χ3n) is 2.41. The number of carbonyl (C=O) groups is 1. The summed E-state index contributed by atoms with van der Waals surface area (Å²) in [6, 6.07) is 6.79. The van der Waals surface area contributed by atoms with Gasteiger partial charge in [0.1, 0.15) is 12.1 Å². The monoisotopic (exact) mass is 242 g/mol. The van der Waals surface area contributed by atoms with E-state index in [-0.39, 0.29) is 35.2 Å². The van der Waals surface area contributed by atoms with Gasteiger partial charge in [-0.25, -0.2) is 0 Å². The first kappa shape index (κ1) is 13.7. The zero-order valence-corrected chi connectivity index (χ0v) is 10.3. The highest BCUT2D eigenvalue weighted by Gasteiger charge is 2.13. The fraction of sp³-hybridized carbons (Fsp3) is 0.308. The quantitative estimate of drug-likeness (QED) is 0.609. The molecule has 3 N–H and O–H groups in total. The van der Waals surface area contributed by atoms with Crippen LogP contribution in [0.5, 0.6) is 0 Å². The second-order valence-electron chi connectivity index (χ2n) is 4.17. The van der Waals surface area contributed by atoms with Gasteiger partial charge >= 0.3 is 0 Å². The lowest BCUT2D eigenvalue weighted by Crippen LogP contribution is -2.29. The number of nitriles is 2. The SMILES string of the molecule is CC(C)NCC(=O)c1cc(C#N)c(N)c(C#N)c1. The number of nitrogens with zero attached hydrogens (tertiary/aromatic N) is 2. The normalized spacial score (nSPS) is 9.83. The number of benzene rings is 1. The molecule has 5 nitrogen and oxygen atoms in total. The van der Waals surface area contributed by atoms with Crippen molar-refractivity contribution in [1.82, 2.24) is 5.32 Å². The summed E-state index contributed by atoms with van der Waals surface area (Å²) in [4.78, 5) is 11.9. The zero-order chi connectivity index (χ0) is 13.7. The predicted octanol–water partition coefficient (Wildman–Crippen LogP) is 1.19. The van der Waals surface area contributed by atoms with Gasteiger partial charge in [0.2, 0.25) is 0 Å². The number of carbonyl (C=O) groups excluding carboxylic acids is 1. The number of ketones is 1. The fourth-order valence-electron chi connectivity index (χ4n) is 1.40. The van der Waals surface area contributed by atoms with Gasteiger partial charge in [-0.1, -0.05) is 13.8 Å². The smallest absolute Gasteiger partial charge is 0.176 e. The Hall–Kier alpha value is -2.37. The van der Waals surface area contributed by atoms with Crippen LogP contribution in [0.2, 0.25) is 0 Å². The van der Waals surface area contributed by atoms with E-state index in [0.717, 1.165) is 0 Å². The number of Topliss-reactive ketones (excluding diaryl/α,β-unsaturated/α-hetero) is 1. The molecule has 0 saturated carbocycles. The lowest BCUT2D eigenvalue weighted by Gasteiger charge is -2.08. The van der Waals surface area contributed by atoms with Crippen LogP contribution in [0.4, 0.5) is 5.69 Å². The summed E-state index contributed by atoms with van der Waals surface area (Å²) in [6.07, 6.45) is 0. The van der Waals surface area contributed by atoms with Crippen molar-refractivity contribution in [1.29, 1.82) is 10.5 Å². The maximum atomic E-state index is 11.9. The highest BCUT2D eigenvalue weighted by molar-refractivity contribution is 5.99. The van der Waals surface area contributed by atoms with Crippen molar-refractivity contribution in [3.8, 4) is 12.1 Å². The maximum Gasteiger partial charge on any atom is 0.176 e. The van der Waals surface area contributed by atoms with Gasteiger partial charge in [-0.2, -0.15) is 10.5 Å². The van der Waals surface area contributed by atoms with Crippen molar-refractivity contribution in [3.05, 3.63) is 28.8 Å². The molecule has 0 aliphatic carbocycles. The van der Waals surface area contributed by atoms with Crippen molar-refractivity contribution >= 4 is 11.5 Å². The summed E-state index contributed by atoms with van der Waals surface area (Å²) < 4.78 is 0. The Morgan fingerprint density at radius 3 is 2.22 bits per heavy atom. The Morgan fingerprint density at radius 1 is 1.33 bits per heavy atom. The number of anilines is 1. The van der Waals surface area contributed by atoms with Gasteiger partial charge in [0, 0.05) is 11.6 Å². The molecule has 5 heteroatoms. The standard InChI is InChI=1S/C13H14N4O/c1-8(2)17-7-12(18)9-3-10(5-14)13(16)11(4-9)6-15/h3-4,8,17H,7,16H2,1-2H3. The van der Waals surface area contributed by atoms with E-state index >= 15 is 0 Å². The number of nitrogen functional groups attached to an aromatic ring is 1. The second kappa shape index (κ2) is 5.81. The molecule has 0 unspecified atom stereocenters. The van der Waals surface area contributed by atoms with E-state index in [9.17, 15) is 4.79 Å². The number of rotatable bonds is 4. The van der Waals surface area contributed by atoms with Gasteiger partial charge in [-0.15, -0.1) is 0 Å². The van der Waals surface area contributed by atoms with E-state index in [0.29, 0.717) is 5.56 Å². The van der Waals surface area contributed by atoms with E-state index in [1.165, 1.54) is 12.1 Å².